The third-order valence-corrected chi connectivity index (χ3v) is 2.92. The molecule has 0 amide bonds. The number of nitrogens with zero attached hydrogens (tertiary/aromatic N) is 1. The molecule has 0 bridgehead atoms. The third kappa shape index (κ3) is 1.11. The van der Waals surface area contributed by atoms with Crippen molar-refractivity contribution in [3.05, 3.63) is 0 Å². The van der Waals surface area contributed by atoms with Gasteiger partial charge in [0.2, 0.25) is 0 Å². The van der Waals surface area contributed by atoms with Crippen molar-refractivity contribution < 1.29 is 14.7 Å². The van der Waals surface area contributed by atoms with E-state index in [1.54, 1.807) is 0 Å². The zero-order valence-corrected chi connectivity index (χ0v) is 7.30. The first-order valence-electron chi connectivity index (χ1n) is 4.30. The Morgan fingerprint density at radius 3 is 3.00 bits per heavy atom. The van der Waals surface area contributed by atoms with Crippen molar-refractivity contribution in [2.24, 2.45) is 22.7 Å². The molecule has 1 aliphatic carbocycles. The summed E-state index contributed by atoms with van der Waals surface area (Å²) in [6.07, 6.45) is 0.331. The molecular formula is C8H12N2O3. The maximum atomic E-state index is 10.8. The van der Waals surface area contributed by atoms with Crippen molar-refractivity contribution in [3.63, 3.8) is 0 Å². The molecule has 0 aromatic rings. The van der Waals surface area contributed by atoms with Crippen molar-refractivity contribution in [2.75, 3.05) is 0 Å². The van der Waals surface area contributed by atoms with Crippen LogP contribution < -0.4 is 5.73 Å². The van der Waals surface area contributed by atoms with E-state index in [2.05, 4.69) is 5.16 Å². The number of carboxylic acid groups (broad SMARTS) is 1. The van der Waals surface area contributed by atoms with Crippen LogP contribution in [0.5, 0.6) is 0 Å². The molecule has 0 radical (unpaired) electrons. The van der Waals surface area contributed by atoms with Crippen LogP contribution in [-0.4, -0.2) is 28.9 Å². The van der Waals surface area contributed by atoms with Gasteiger partial charge in [0, 0.05) is 5.92 Å². The predicted octanol–water partition coefficient (Wildman–Crippen LogP) is -0.191. The zero-order chi connectivity index (χ0) is 9.59. The van der Waals surface area contributed by atoms with Gasteiger partial charge in [-0.15, -0.1) is 0 Å². The fourth-order valence-corrected chi connectivity index (χ4v) is 2.09. The highest BCUT2D eigenvalue weighted by Crippen LogP contribution is 2.37. The molecular weight excluding hydrogens is 172 g/mol. The summed E-state index contributed by atoms with van der Waals surface area (Å²) in [4.78, 5) is 15.9. The molecule has 1 saturated carbocycles. The first kappa shape index (κ1) is 8.50. The van der Waals surface area contributed by atoms with Gasteiger partial charge in [0.25, 0.3) is 0 Å². The molecule has 1 aliphatic heterocycles. The molecule has 1 fully saturated rings. The third-order valence-electron chi connectivity index (χ3n) is 2.92. The van der Waals surface area contributed by atoms with E-state index in [1.807, 2.05) is 6.92 Å². The molecule has 2 aliphatic rings. The summed E-state index contributed by atoms with van der Waals surface area (Å²) in [6.45, 7) is 1.85. The summed E-state index contributed by atoms with van der Waals surface area (Å²) < 4.78 is 0. The van der Waals surface area contributed by atoms with Gasteiger partial charge in [-0.25, -0.2) is 0 Å². The van der Waals surface area contributed by atoms with E-state index in [4.69, 9.17) is 15.7 Å². The lowest BCUT2D eigenvalue weighted by Gasteiger charge is -2.14. The lowest BCUT2D eigenvalue weighted by molar-refractivity contribution is -0.142. The number of carboxylic acids is 1. The molecule has 5 nitrogen and oxygen atoms in total. The summed E-state index contributed by atoms with van der Waals surface area (Å²) >= 11 is 0. The van der Waals surface area contributed by atoms with E-state index in [0.29, 0.717) is 6.42 Å². The quantitative estimate of drug-likeness (QED) is 0.591. The Kier molecular flexibility index (Phi) is 1.76. The van der Waals surface area contributed by atoms with Gasteiger partial charge in [-0.2, -0.15) is 0 Å². The molecule has 0 spiro atoms. The number of hydrogen-bond donors (Lipinski definition) is 2. The standard InChI is InChI=1S/C8H12N2O3/c1-3-4-2-5(8(11)12)6(9)7(4)13-10-3/h4-7H,2,9H2,1H3,(H,11,12)/t4-,5+,6-,7+/m0/s1. The Morgan fingerprint density at radius 2 is 2.46 bits per heavy atom. The fourth-order valence-electron chi connectivity index (χ4n) is 2.09. The van der Waals surface area contributed by atoms with Gasteiger partial charge < -0.3 is 15.7 Å². The van der Waals surface area contributed by atoms with E-state index in [9.17, 15) is 4.79 Å². The molecule has 0 aromatic carbocycles. The van der Waals surface area contributed by atoms with E-state index < -0.39 is 17.9 Å². The van der Waals surface area contributed by atoms with Gasteiger partial charge in [0.1, 0.15) is 0 Å². The topological polar surface area (TPSA) is 84.9 Å². The smallest absolute Gasteiger partial charge is 0.308 e. The van der Waals surface area contributed by atoms with E-state index >= 15 is 0 Å². The number of hydrogen-bond acceptors (Lipinski definition) is 4. The molecule has 0 saturated heterocycles. The normalized spacial score (nSPS) is 42.5. The SMILES string of the molecule is CC1=NO[C@H]2[C@@H](N)[C@H](C(=O)O)C[C@@H]12. The second-order valence-corrected chi connectivity index (χ2v) is 3.67. The first-order chi connectivity index (χ1) is 6.11. The summed E-state index contributed by atoms with van der Waals surface area (Å²) in [5.41, 5.74) is 6.61. The highest BCUT2D eigenvalue weighted by atomic mass is 16.6. The number of rotatable bonds is 1. The first-order valence-corrected chi connectivity index (χ1v) is 4.30. The minimum absolute atomic E-state index is 0.107. The molecule has 5 heteroatoms. The molecule has 1 heterocycles. The molecule has 2 rings (SSSR count). The number of fused-ring (bicyclic) bond motifs is 1. The lowest BCUT2D eigenvalue weighted by Crippen LogP contribution is -2.39. The molecule has 4 atom stereocenters. The van der Waals surface area contributed by atoms with Crippen LogP contribution in [0.2, 0.25) is 0 Å². The van der Waals surface area contributed by atoms with Crippen LogP contribution in [0.15, 0.2) is 5.16 Å². The maximum absolute atomic E-state index is 10.8. The Balaban J connectivity index is 2.18. The average molecular weight is 184 g/mol. The van der Waals surface area contributed by atoms with Crippen LogP contribution in [-0.2, 0) is 9.63 Å². The Bertz CT molecular complexity index is 277. The number of aliphatic carboxylic acids is 1. The van der Waals surface area contributed by atoms with E-state index in [1.165, 1.54) is 0 Å². The molecule has 0 aromatic heterocycles. The second-order valence-electron chi connectivity index (χ2n) is 3.67. The lowest BCUT2D eigenvalue weighted by atomic mass is 10.0. The van der Waals surface area contributed by atoms with Crippen LogP contribution in [0.25, 0.3) is 0 Å². The summed E-state index contributed by atoms with van der Waals surface area (Å²) in [6, 6.07) is -0.427. The predicted molar refractivity (Wildman–Crippen MR) is 45.2 cm³/mol. The van der Waals surface area contributed by atoms with Gasteiger partial charge in [-0.05, 0) is 13.3 Å². The summed E-state index contributed by atoms with van der Waals surface area (Å²) in [7, 11) is 0. The fraction of sp³-hybridized carbons (Fsp3) is 0.750. The van der Waals surface area contributed by atoms with Crippen LogP contribution >= 0.6 is 0 Å². The number of nitrogens with two attached hydrogens (primary N) is 1. The average Bonchev–Trinajstić information content (AvgIpc) is 2.55. The van der Waals surface area contributed by atoms with Crippen LogP contribution in [0.4, 0.5) is 0 Å². The summed E-state index contributed by atoms with van der Waals surface area (Å²) in [5.74, 6) is -1.21. The zero-order valence-electron chi connectivity index (χ0n) is 7.30. The second kappa shape index (κ2) is 2.70. The van der Waals surface area contributed by atoms with E-state index in [0.717, 1.165) is 5.71 Å². The van der Waals surface area contributed by atoms with Crippen molar-refractivity contribution >= 4 is 11.7 Å². The van der Waals surface area contributed by atoms with Crippen molar-refractivity contribution in [1.82, 2.24) is 0 Å². The summed E-state index contributed by atoms with van der Waals surface area (Å²) in [5, 5.41) is 12.7. The highest BCUT2D eigenvalue weighted by molar-refractivity contribution is 5.87. The molecule has 72 valence electrons. The Hall–Kier alpha value is -1.10. The van der Waals surface area contributed by atoms with Crippen LogP contribution in [0.3, 0.4) is 0 Å². The van der Waals surface area contributed by atoms with Gasteiger partial charge in [-0.1, -0.05) is 5.16 Å². The van der Waals surface area contributed by atoms with Gasteiger partial charge in [0.05, 0.1) is 17.7 Å². The Morgan fingerprint density at radius 1 is 1.77 bits per heavy atom. The largest absolute Gasteiger partial charge is 0.481 e. The number of oxime groups is 1. The molecule has 0 unspecified atom stereocenters. The van der Waals surface area contributed by atoms with Crippen molar-refractivity contribution in [1.29, 1.82) is 0 Å². The van der Waals surface area contributed by atoms with Crippen molar-refractivity contribution in [2.45, 2.75) is 25.5 Å². The van der Waals surface area contributed by atoms with Crippen molar-refractivity contribution in [3.8, 4) is 0 Å². The Labute approximate surface area is 75.5 Å². The molecule has 13 heavy (non-hydrogen) atoms. The maximum Gasteiger partial charge on any atom is 0.308 e. The minimum atomic E-state index is -0.835. The van der Waals surface area contributed by atoms with Crippen LogP contribution in [0.1, 0.15) is 13.3 Å². The monoisotopic (exact) mass is 184 g/mol. The van der Waals surface area contributed by atoms with E-state index in [-0.39, 0.29) is 12.0 Å². The van der Waals surface area contributed by atoms with Gasteiger partial charge >= 0.3 is 5.97 Å². The number of carbonyl (C=O) groups is 1. The highest BCUT2D eigenvalue weighted by Gasteiger charge is 2.50. The van der Waals surface area contributed by atoms with Gasteiger partial charge in [-0.3, -0.25) is 4.79 Å². The van der Waals surface area contributed by atoms with Crippen LogP contribution in [0, 0.1) is 11.8 Å². The van der Waals surface area contributed by atoms with Gasteiger partial charge in [0.15, 0.2) is 6.10 Å². The minimum Gasteiger partial charge on any atom is -0.481 e. The molecule has 3 N–H and O–H groups in total.